The van der Waals surface area contributed by atoms with E-state index in [0.717, 1.165) is 17.5 Å². The van der Waals surface area contributed by atoms with Crippen molar-refractivity contribution in [2.75, 3.05) is 13.2 Å². The number of amides is 1. The van der Waals surface area contributed by atoms with Crippen molar-refractivity contribution < 1.29 is 19.1 Å². The Morgan fingerprint density at radius 2 is 1.54 bits per heavy atom. The summed E-state index contributed by atoms with van der Waals surface area (Å²) in [5.74, 6) is -0.336. The van der Waals surface area contributed by atoms with E-state index in [0.29, 0.717) is 5.75 Å². The molecule has 0 aromatic heterocycles. The topological polar surface area (TPSA) is 64.6 Å². The fraction of sp³-hybridized carbons (Fsp3) is 0.333. The van der Waals surface area contributed by atoms with Crippen molar-refractivity contribution in [2.24, 2.45) is 0 Å². The average Bonchev–Trinajstić information content (AvgIpc) is 2.65. The number of carbonyl (C=O) groups is 2. The number of rotatable bonds is 8. The molecule has 5 nitrogen and oxygen atoms in total. The lowest BCUT2D eigenvalue weighted by atomic mass is 10.0. The Morgan fingerprint density at radius 3 is 2.15 bits per heavy atom. The lowest BCUT2D eigenvalue weighted by Crippen LogP contribution is -2.44. The van der Waals surface area contributed by atoms with Crippen LogP contribution < -0.4 is 10.1 Å². The quantitative estimate of drug-likeness (QED) is 0.735. The fourth-order valence-electron chi connectivity index (χ4n) is 2.21. The number of benzene rings is 2. The Labute approximate surface area is 154 Å². The van der Waals surface area contributed by atoms with Gasteiger partial charge in [0.05, 0.1) is 0 Å². The number of hydrogen-bond acceptors (Lipinski definition) is 4. The van der Waals surface area contributed by atoms with Crippen molar-refractivity contribution in [3.63, 3.8) is 0 Å². The van der Waals surface area contributed by atoms with Gasteiger partial charge in [0.1, 0.15) is 5.75 Å². The van der Waals surface area contributed by atoms with Gasteiger partial charge in [0.2, 0.25) is 0 Å². The summed E-state index contributed by atoms with van der Waals surface area (Å²) in [6.45, 7) is 5.25. The SMILES string of the molecule is CCC(C)(C)NC(=O)COC(=O)COc1ccc(-c2ccccc2)cc1. The first-order chi connectivity index (χ1) is 12.4. The molecule has 1 N–H and O–H groups in total. The summed E-state index contributed by atoms with van der Waals surface area (Å²) in [6.07, 6.45) is 0.786. The van der Waals surface area contributed by atoms with Crippen LogP contribution in [0, 0.1) is 0 Å². The lowest BCUT2D eigenvalue weighted by Gasteiger charge is -2.24. The van der Waals surface area contributed by atoms with E-state index in [4.69, 9.17) is 9.47 Å². The minimum Gasteiger partial charge on any atom is -0.482 e. The van der Waals surface area contributed by atoms with Crippen LogP contribution in [-0.4, -0.2) is 30.6 Å². The van der Waals surface area contributed by atoms with Gasteiger partial charge in [-0.1, -0.05) is 49.4 Å². The minimum atomic E-state index is -0.582. The first kappa shape index (κ1) is 19.5. The second kappa shape index (κ2) is 9.04. The zero-order chi connectivity index (χ0) is 19.0. The van der Waals surface area contributed by atoms with Gasteiger partial charge in [-0.25, -0.2) is 4.79 Å². The van der Waals surface area contributed by atoms with E-state index >= 15 is 0 Å². The Hall–Kier alpha value is -2.82. The van der Waals surface area contributed by atoms with Crippen LogP contribution in [0.3, 0.4) is 0 Å². The molecule has 0 radical (unpaired) electrons. The zero-order valence-corrected chi connectivity index (χ0v) is 15.5. The third kappa shape index (κ3) is 6.24. The summed E-state index contributed by atoms with van der Waals surface area (Å²) in [6, 6.07) is 17.4. The lowest BCUT2D eigenvalue weighted by molar-refractivity contribution is -0.150. The van der Waals surface area contributed by atoms with Crippen LogP contribution in [0.1, 0.15) is 27.2 Å². The number of nitrogens with one attached hydrogen (secondary N) is 1. The molecule has 5 heteroatoms. The van der Waals surface area contributed by atoms with Crippen molar-refractivity contribution in [1.29, 1.82) is 0 Å². The fourth-order valence-corrected chi connectivity index (χ4v) is 2.21. The van der Waals surface area contributed by atoms with Gasteiger partial charge in [-0.05, 0) is 43.5 Å². The van der Waals surface area contributed by atoms with E-state index in [2.05, 4.69) is 5.32 Å². The summed E-state index contributed by atoms with van der Waals surface area (Å²) in [7, 11) is 0. The summed E-state index contributed by atoms with van der Waals surface area (Å²) in [5, 5.41) is 2.80. The Kier molecular flexibility index (Phi) is 6.78. The highest BCUT2D eigenvalue weighted by Crippen LogP contribution is 2.21. The molecule has 138 valence electrons. The molecule has 0 spiro atoms. The van der Waals surface area contributed by atoms with Crippen LogP contribution in [0.25, 0.3) is 11.1 Å². The van der Waals surface area contributed by atoms with Crippen LogP contribution >= 0.6 is 0 Å². The number of carbonyl (C=O) groups excluding carboxylic acids is 2. The molecule has 2 aromatic rings. The first-order valence-corrected chi connectivity index (χ1v) is 8.64. The summed E-state index contributed by atoms with van der Waals surface area (Å²) >= 11 is 0. The summed E-state index contributed by atoms with van der Waals surface area (Å²) in [5.41, 5.74) is 1.86. The maximum Gasteiger partial charge on any atom is 0.344 e. The molecule has 26 heavy (non-hydrogen) atoms. The predicted octanol–water partition coefficient (Wildman–Crippen LogP) is 3.58. The number of hydrogen-bond donors (Lipinski definition) is 1. The average molecular weight is 355 g/mol. The zero-order valence-electron chi connectivity index (χ0n) is 15.5. The van der Waals surface area contributed by atoms with Crippen molar-refractivity contribution >= 4 is 11.9 Å². The van der Waals surface area contributed by atoms with Crippen LogP contribution in [0.2, 0.25) is 0 Å². The standard InChI is InChI=1S/C21H25NO4/c1-4-21(2,3)22-19(23)14-26-20(24)15-25-18-12-10-17(11-13-18)16-8-6-5-7-9-16/h5-13H,4,14-15H2,1-3H3,(H,22,23). The van der Waals surface area contributed by atoms with Gasteiger partial charge in [0.15, 0.2) is 13.2 Å². The first-order valence-electron chi connectivity index (χ1n) is 8.64. The van der Waals surface area contributed by atoms with Gasteiger partial charge in [0, 0.05) is 5.54 Å². The van der Waals surface area contributed by atoms with Crippen LogP contribution in [0.5, 0.6) is 5.75 Å². The molecule has 2 aromatic carbocycles. The van der Waals surface area contributed by atoms with Gasteiger partial charge in [-0.15, -0.1) is 0 Å². The molecule has 0 saturated heterocycles. The minimum absolute atomic E-state index is 0.241. The molecule has 0 aliphatic heterocycles. The summed E-state index contributed by atoms with van der Waals surface area (Å²) in [4.78, 5) is 23.5. The molecule has 0 aliphatic rings. The van der Waals surface area contributed by atoms with Crippen molar-refractivity contribution in [3.8, 4) is 16.9 Å². The van der Waals surface area contributed by atoms with E-state index in [9.17, 15) is 9.59 Å². The van der Waals surface area contributed by atoms with E-state index in [1.54, 1.807) is 12.1 Å². The third-order valence-electron chi connectivity index (χ3n) is 4.04. The molecule has 0 atom stereocenters. The molecule has 0 heterocycles. The molecule has 0 unspecified atom stereocenters. The maximum atomic E-state index is 11.7. The highest BCUT2D eigenvalue weighted by Gasteiger charge is 2.18. The molecular weight excluding hydrogens is 330 g/mol. The number of ether oxygens (including phenoxy) is 2. The van der Waals surface area contributed by atoms with E-state index in [1.807, 2.05) is 63.2 Å². The molecule has 0 saturated carbocycles. The largest absolute Gasteiger partial charge is 0.482 e. The maximum absolute atomic E-state index is 11.7. The van der Waals surface area contributed by atoms with Crippen molar-refractivity contribution in [2.45, 2.75) is 32.7 Å². The van der Waals surface area contributed by atoms with Crippen LogP contribution in [0.4, 0.5) is 0 Å². The van der Waals surface area contributed by atoms with E-state index in [-0.39, 0.29) is 24.7 Å². The summed E-state index contributed by atoms with van der Waals surface area (Å²) < 4.78 is 10.3. The monoisotopic (exact) mass is 355 g/mol. The second-order valence-corrected chi connectivity index (χ2v) is 6.63. The molecule has 1 amide bonds. The molecule has 0 aliphatic carbocycles. The molecule has 0 bridgehead atoms. The Morgan fingerprint density at radius 1 is 0.923 bits per heavy atom. The Balaban J connectivity index is 1.76. The van der Waals surface area contributed by atoms with Gasteiger partial charge in [-0.2, -0.15) is 0 Å². The smallest absolute Gasteiger partial charge is 0.344 e. The van der Waals surface area contributed by atoms with E-state index in [1.165, 1.54) is 0 Å². The molecule has 0 fully saturated rings. The second-order valence-electron chi connectivity index (χ2n) is 6.63. The molecule has 2 rings (SSSR count). The van der Waals surface area contributed by atoms with Crippen LogP contribution in [0.15, 0.2) is 54.6 Å². The highest BCUT2D eigenvalue weighted by atomic mass is 16.6. The number of esters is 1. The third-order valence-corrected chi connectivity index (χ3v) is 4.04. The van der Waals surface area contributed by atoms with Gasteiger partial charge < -0.3 is 14.8 Å². The van der Waals surface area contributed by atoms with E-state index < -0.39 is 5.97 Å². The van der Waals surface area contributed by atoms with Gasteiger partial charge >= 0.3 is 5.97 Å². The van der Waals surface area contributed by atoms with Gasteiger partial charge in [0.25, 0.3) is 5.91 Å². The molecular formula is C21H25NO4. The normalized spacial score (nSPS) is 10.9. The Bertz CT molecular complexity index is 723. The van der Waals surface area contributed by atoms with Crippen molar-refractivity contribution in [3.05, 3.63) is 54.6 Å². The highest BCUT2D eigenvalue weighted by molar-refractivity contribution is 5.81. The van der Waals surface area contributed by atoms with Crippen molar-refractivity contribution in [1.82, 2.24) is 5.32 Å². The predicted molar refractivity (Wildman–Crippen MR) is 101 cm³/mol. The van der Waals surface area contributed by atoms with Gasteiger partial charge in [-0.3, -0.25) is 4.79 Å². The van der Waals surface area contributed by atoms with Crippen LogP contribution in [-0.2, 0) is 14.3 Å².